The maximum atomic E-state index is 10.9. The number of aliphatic hydroxyl groups is 1. The zero-order chi connectivity index (χ0) is 18.4. The van der Waals surface area contributed by atoms with E-state index in [1.807, 2.05) is 6.07 Å². The Morgan fingerprint density at radius 2 is 1.88 bits per heavy atom. The summed E-state index contributed by atoms with van der Waals surface area (Å²) >= 11 is 0. The number of aromatic hydroxyl groups is 2. The molecule has 0 aliphatic carbocycles. The van der Waals surface area contributed by atoms with Crippen molar-refractivity contribution in [3.8, 4) is 23.5 Å². The van der Waals surface area contributed by atoms with Gasteiger partial charge < -0.3 is 20.1 Å². The van der Waals surface area contributed by atoms with Crippen LogP contribution < -0.4 is 0 Å². The Labute approximate surface area is 146 Å². The Morgan fingerprint density at radius 3 is 2.62 bits per heavy atom. The van der Waals surface area contributed by atoms with Gasteiger partial charge in [0.1, 0.15) is 11.7 Å². The van der Waals surface area contributed by atoms with Crippen molar-refractivity contribution in [2.24, 2.45) is 0 Å². The van der Waals surface area contributed by atoms with Gasteiger partial charge in [-0.1, -0.05) is 0 Å². The van der Waals surface area contributed by atoms with Crippen LogP contribution in [0.25, 0.3) is 16.7 Å². The van der Waals surface area contributed by atoms with Crippen LogP contribution in [0.1, 0.15) is 37.0 Å². The molecule has 5 rings (SSSR count). The Balaban J connectivity index is 1.85. The second-order valence-corrected chi connectivity index (χ2v) is 7.10. The van der Waals surface area contributed by atoms with Crippen LogP contribution in [-0.2, 0) is 15.9 Å². The lowest BCUT2D eigenvalue weighted by molar-refractivity contribution is -0.0936. The molecular weight excluding hydrogens is 340 g/mol. The molecule has 9 nitrogen and oxygen atoms in total. The van der Waals surface area contributed by atoms with Gasteiger partial charge in [0.15, 0.2) is 11.0 Å². The summed E-state index contributed by atoms with van der Waals surface area (Å²) in [6, 6.07) is 5.05. The van der Waals surface area contributed by atoms with Crippen molar-refractivity contribution in [1.82, 2.24) is 14.9 Å². The minimum Gasteiger partial charge on any atom is -0.494 e. The summed E-state index contributed by atoms with van der Waals surface area (Å²) in [6.07, 6.45) is -0.502. The molecule has 9 heteroatoms. The van der Waals surface area contributed by atoms with Crippen molar-refractivity contribution < 1.29 is 24.7 Å². The smallest absolute Gasteiger partial charge is 0.205 e. The molecule has 132 valence electrons. The Hall–Kier alpha value is -3.09. The summed E-state index contributed by atoms with van der Waals surface area (Å²) in [6.45, 7) is 3.45. The SMILES string of the molecule is C[C@]12CC(O)[C@](C)(O1)c1c2c(O)n(-c2ccc(C#N)c3nonc23)c1O. The molecule has 1 unspecified atom stereocenters. The largest absolute Gasteiger partial charge is 0.494 e. The second-order valence-electron chi connectivity index (χ2n) is 7.10. The number of benzene rings is 1. The number of hydrogen-bond donors (Lipinski definition) is 3. The van der Waals surface area contributed by atoms with Crippen LogP contribution in [0, 0.1) is 11.3 Å². The van der Waals surface area contributed by atoms with E-state index in [-0.39, 0.29) is 28.4 Å². The molecule has 2 aromatic heterocycles. The number of aromatic nitrogens is 3. The average Bonchev–Trinajstić information content (AvgIpc) is 3.27. The normalized spacial score (nSPS) is 29.2. The molecule has 3 N–H and O–H groups in total. The molecule has 1 aromatic carbocycles. The third kappa shape index (κ3) is 1.48. The number of ether oxygens (including phenoxy) is 1. The summed E-state index contributed by atoms with van der Waals surface area (Å²) in [5, 5.41) is 48.9. The van der Waals surface area contributed by atoms with Crippen molar-refractivity contribution in [1.29, 1.82) is 5.26 Å². The summed E-state index contributed by atoms with van der Waals surface area (Å²) in [5.41, 5.74) is -0.203. The molecule has 0 amide bonds. The van der Waals surface area contributed by atoms with Gasteiger partial charge in [0.25, 0.3) is 0 Å². The molecule has 4 heterocycles. The molecule has 2 aliphatic heterocycles. The zero-order valence-electron chi connectivity index (χ0n) is 13.9. The topological polar surface area (TPSA) is 138 Å². The molecule has 2 bridgehead atoms. The molecule has 2 aliphatic rings. The van der Waals surface area contributed by atoms with Crippen LogP contribution in [0.3, 0.4) is 0 Å². The first-order valence-corrected chi connectivity index (χ1v) is 8.03. The van der Waals surface area contributed by atoms with E-state index >= 15 is 0 Å². The number of rotatable bonds is 1. The van der Waals surface area contributed by atoms with Crippen molar-refractivity contribution in [2.45, 2.75) is 37.6 Å². The highest BCUT2D eigenvalue weighted by molar-refractivity contribution is 5.88. The van der Waals surface area contributed by atoms with Gasteiger partial charge in [-0.2, -0.15) is 5.26 Å². The lowest BCUT2D eigenvalue weighted by Crippen LogP contribution is -2.32. The first-order chi connectivity index (χ1) is 12.3. The monoisotopic (exact) mass is 354 g/mol. The highest BCUT2D eigenvalue weighted by Crippen LogP contribution is 2.64. The summed E-state index contributed by atoms with van der Waals surface area (Å²) in [7, 11) is 0. The van der Waals surface area contributed by atoms with Crippen LogP contribution in [0.5, 0.6) is 11.8 Å². The van der Waals surface area contributed by atoms with Crippen LogP contribution >= 0.6 is 0 Å². The number of fused-ring (bicyclic) bond motifs is 6. The average molecular weight is 354 g/mol. The third-order valence-electron chi connectivity index (χ3n) is 5.56. The minimum absolute atomic E-state index is 0.204. The van der Waals surface area contributed by atoms with Crippen LogP contribution in [0.15, 0.2) is 16.8 Å². The van der Waals surface area contributed by atoms with E-state index in [0.717, 1.165) is 0 Å². The quantitative estimate of drug-likeness (QED) is 0.598. The van der Waals surface area contributed by atoms with Crippen molar-refractivity contribution in [2.75, 3.05) is 0 Å². The highest BCUT2D eigenvalue weighted by Gasteiger charge is 2.64. The van der Waals surface area contributed by atoms with E-state index in [0.29, 0.717) is 23.2 Å². The van der Waals surface area contributed by atoms with Crippen LogP contribution in [0.4, 0.5) is 0 Å². The third-order valence-corrected chi connectivity index (χ3v) is 5.56. The Morgan fingerprint density at radius 1 is 1.19 bits per heavy atom. The number of hydrogen-bond acceptors (Lipinski definition) is 8. The van der Waals surface area contributed by atoms with E-state index in [1.54, 1.807) is 19.9 Å². The van der Waals surface area contributed by atoms with E-state index < -0.39 is 17.3 Å². The molecule has 0 saturated carbocycles. The van der Waals surface area contributed by atoms with E-state index in [2.05, 4.69) is 10.3 Å². The van der Waals surface area contributed by atoms with Crippen molar-refractivity contribution >= 4 is 11.0 Å². The number of aliphatic hydroxyl groups excluding tert-OH is 1. The summed E-state index contributed by atoms with van der Waals surface area (Å²) in [5.74, 6) is -0.457. The standard InChI is InChI=1S/C17H14N4O5/c1-16-5-9(22)17(2,25-16)11-10(16)14(23)21(15(11)24)8-4-3-7(6-18)12-13(8)20-26-19-12/h3-4,9,22-24H,5H2,1-2H3/t9?,16-,17+/m1/s1. The fraction of sp³-hybridized carbons (Fsp3) is 0.353. The summed E-state index contributed by atoms with van der Waals surface area (Å²) in [4.78, 5) is 0. The van der Waals surface area contributed by atoms with E-state index in [9.17, 15) is 20.6 Å². The predicted molar refractivity (Wildman–Crippen MR) is 85.6 cm³/mol. The van der Waals surface area contributed by atoms with Gasteiger partial charge in [-0.15, -0.1) is 0 Å². The van der Waals surface area contributed by atoms with Gasteiger partial charge in [-0.3, -0.25) is 0 Å². The summed E-state index contributed by atoms with van der Waals surface area (Å²) < 4.78 is 11.9. The lowest BCUT2D eigenvalue weighted by Gasteiger charge is -2.25. The van der Waals surface area contributed by atoms with Gasteiger partial charge >= 0.3 is 0 Å². The first kappa shape index (κ1) is 15.2. The predicted octanol–water partition coefficient (Wildman–Crippen LogP) is 1.52. The maximum Gasteiger partial charge on any atom is 0.205 e. The van der Waals surface area contributed by atoms with Gasteiger partial charge in [-0.25, -0.2) is 9.20 Å². The van der Waals surface area contributed by atoms with Gasteiger partial charge in [0.05, 0.1) is 34.1 Å². The first-order valence-electron chi connectivity index (χ1n) is 8.03. The van der Waals surface area contributed by atoms with Crippen molar-refractivity contribution in [3.05, 3.63) is 28.8 Å². The van der Waals surface area contributed by atoms with Gasteiger partial charge in [0, 0.05) is 6.42 Å². The zero-order valence-corrected chi connectivity index (χ0v) is 13.9. The fourth-order valence-corrected chi connectivity index (χ4v) is 4.38. The highest BCUT2D eigenvalue weighted by atomic mass is 16.6. The Kier molecular flexibility index (Phi) is 2.54. The Bertz CT molecular complexity index is 1140. The van der Waals surface area contributed by atoms with E-state index in [1.165, 1.54) is 10.6 Å². The molecule has 3 atom stereocenters. The van der Waals surface area contributed by atoms with Crippen LogP contribution in [-0.4, -0.2) is 36.3 Å². The lowest BCUT2D eigenvalue weighted by atomic mass is 9.78. The van der Waals surface area contributed by atoms with E-state index in [4.69, 9.17) is 9.37 Å². The number of nitriles is 1. The maximum absolute atomic E-state index is 10.9. The van der Waals surface area contributed by atoms with Crippen LogP contribution in [0.2, 0.25) is 0 Å². The second kappa shape index (κ2) is 4.35. The molecule has 3 aromatic rings. The van der Waals surface area contributed by atoms with Crippen molar-refractivity contribution in [3.63, 3.8) is 0 Å². The molecule has 26 heavy (non-hydrogen) atoms. The number of nitrogens with zero attached hydrogens (tertiary/aromatic N) is 4. The van der Waals surface area contributed by atoms with Gasteiger partial charge in [-0.05, 0) is 36.3 Å². The van der Waals surface area contributed by atoms with Gasteiger partial charge in [0.2, 0.25) is 11.8 Å². The molecule has 0 spiro atoms. The fourth-order valence-electron chi connectivity index (χ4n) is 4.38. The minimum atomic E-state index is -1.12. The molecule has 1 fully saturated rings. The molecular formula is C17H14N4O5. The molecule has 1 saturated heterocycles. The molecule has 0 radical (unpaired) electrons.